The number of hydrogen-bond donors (Lipinski definition) is 1. The summed E-state index contributed by atoms with van der Waals surface area (Å²) in [5.74, 6) is -1.81. The molecular weight excluding hydrogens is 354 g/mol. The first kappa shape index (κ1) is 16.6. The Bertz CT molecular complexity index is 1190. The first-order valence-electron chi connectivity index (χ1n) is 8.97. The molecule has 5 nitrogen and oxygen atoms in total. The van der Waals surface area contributed by atoms with Crippen LogP contribution in [0.15, 0.2) is 65.4 Å². The second kappa shape index (κ2) is 5.23. The van der Waals surface area contributed by atoms with Crippen LogP contribution in [0.4, 0.5) is 0 Å². The van der Waals surface area contributed by atoms with Crippen LogP contribution in [-0.4, -0.2) is 23.1 Å². The number of carbonyl (C=O) groups is 4. The maximum absolute atomic E-state index is 13.7. The lowest BCUT2D eigenvalue weighted by Crippen LogP contribution is -2.46. The molecule has 0 amide bonds. The molecule has 0 atom stereocenters. The molecule has 0 aromatic heterocycles. The van der Waals surface area contributed by atoms with Crippen molar-refractivity contribution in [3.8, 4) is 0 Å². The highest BCUT2D eigenvalue weighted by Gasteiger charge is 2.64. The summed E-state index contributed by atoms with van der Waals surface area (Å²) in [7, 11) is 0. The maximum atomic E-state index is 13.7. The standard InChI is InChI=1S/C23H15NO4/c1-11-17(12(2)25)23(21(27)15-9-5-6-10-16(15)22(23)28)18-19(24-11)13-7-3-4-8-14(13)20(18)26/h3-10,24H,1-2H3. The molecule has 2 aliphatic carbocycles. The fourth-order valence-electron chi connectivity index (χ4n) is 4.79. The molecular formula is C23H15NO4. The molecule has 3 aliphatic rings. The molecule has 5 rings (SSSR count). The quantitative estimate of drug-likeness (QED) is 0.781. The number of allylic oxidation sites excluding steroid dienone is 3. The molecule has 0 saturated heterocycles. The Hall–Kier alpha value is -3.60. The fourth-order valence-corrected chi connectivity index (χ4v) is 4.79. The van der Waals surface area contributed by atoms with Crippen molar-refractivity contribution in [2.75, 3.05) is 0 Å². The minimum atomic E-state index is -1.92. The van der Waals surface area contributed by atoms with Gasteiger partial charge in [0, 0.05) is 33.5 Å². The van der Waals surface area contributed by atoms with Gasteiger partial charge in [-0.05, 0) is 13.8 Å². The van der Waals surface area contributed by atoms with Crippen molar-refractivity contribution in [1.82, 2.24) is 5.32 Å². The summed E-state index contributed by atoms with van der Waals surface area (Å²) >= 11 is 0. The summed E-state index contributed by atoms with van der Waals surface area (Å²) in [6, 6.07) is 13.5. The minimum Gasteiger partial charge on any atom is -0.358 e. The highest BCUT2D eigenvalue weighted by Crippen LogP contribution is 2.55. The van der Waals surface area contributed by atoms with Gasteiger partial charge in [0.1, 0.15) is 0 Å². The van der Waals surface area contributed by atoms with Crippen molar-refractivity contribution in [3.63, 3.8) is 0 Å². The van der Waals surface area contributed by atoms with Gasteiger partial charge in [0.15, 0.2) is 28.5 Å². The Labute approximate surface area is 160 Å². The largest absolute Gasteiger partial charge is 0.358 e. The highest BCUT2D eigenvalue weighted by molar-refractivity contribution is 6.42. The van der Waals surface area contributed by atoms with E-state index in [1.165, 1.54) is 6.92 Å². The number of fused-ring (bicyclic) bond motifs is 4. The van der Waals surface area contributed by atoms with E-state index in [0.29, 0.717) is 22.5 Å². The second-order valence-corrected chi connectivity index (χ2v) is 7.26. The van der Waals surface area contributed by atoms with Gasteiger partial charge < -0.3 is 5.32 Å². The molecule has 0 fully saturated rings. The van der Waals surface area contributed by atoms with Gasteiger partial charge in [0.05, 0.1) is 11.3 Å². The van der Waals surface area contributed by atoms with Crippen molar-refractivity contribution >= 4 is 28.8 Å². The Morgan fingerprint density at radius 1 is 0.821 bits per heavy atom. The predicted octanol–water partition coefficient (Wildman–Crippen LogP) is 3.13. The summed E-state index contributed by atoms with van der Waals surface area (Å²) in [4.78, 5) is 53.3. The van der Waals surface area contributed by atoms with Crippen LogP contribution in [0.1, 0.15) is 50.5 Å². The van der Waals surface area contributed by atoms with Crippen LogP contribution in [0.2, 0.25) is 0 Å². The number of nitrogens with one attached hydrogen (secondary N) is 1. The molecule has 1 N–H and O–H groups in total. The van der Waals surface area contributed by atoms with E-state index in [0.717, 1.165) is 0 Å². The topological polar surface area (TPSA) is 80.3 Å². The van der Waals surface area contributed by atoms with Crippen LogP contribution in [0.25, 0.3) is 5.70 Å². The molecule has 1 spiro atoms. The van der Waals surface area contributed by atoms with E-state index in [9.17, 15) is 19.2 Å². The molecule has 1 aliphatic heterocycles. The van der Waals surface area contributed by atoms with Crippen LogP contribution >= 0.6 is 0 Å². The zero-order chi connectivity index (χ0) is 19.8. The van der Waals surface area contributed by atoms with Crippen molar-refractivity contribution < 1.29 is 19.2 Å². The molecule has 0 bridgehead atoms. The molecule has 0 saturated carbocycles. The molecule has 2 aromatic rings. The highest BCUT2D eigenvalue weighted by atomic mass is 16.2. The van der Waals surface area contributed by atoms with Gasteiger partial charge in [-0.15, -0.1) is 0 Å². The van der Waals surface area contributed by atoms with Gasteiger partial charge in [-0.25, -0.2) is 0 Å². The van der Waals surface area contributed by atoms with E-state index in [-0.39, 0.29) is 28.1 Å². The molecule has 136 valence electrons. The average Bonchev–Trinajstić information content (AvgIpc) is 3.08. The van der Waals surface area contributed by atoms with Gasteiger partial charge in [0.2, 0.25) is 0 Å². The van der Waals surface area contributed by atoms with E-state index in [4.69, 9.17) is 0 Å². The average molecular weight is 369 g/mol. The first-order chi connectivity index (χ1) is 13.4. The van der Waals surface area contributed by atoms with Crippen molar-refractivity contribution in [3.05, 3.63) is 87.6 Å². The lowest BCUT2D eigenvalue weighted by Gasteiger charge is -2.35. The number of ketones is 4. The van der Waals surface area contributed by atoms with E-state index in [1.807, 2.05) is 0 Å². The summed E-state index contributed by atoms with van der Waals surface area (Å²) in [6.07, 6.45) is 0. The summed E-state index contributed by atoms with van der Waals surface area (Å²) in [5.41, 5.74) is 0.621. The van der Waals surface area contributed by atoms with Crippen LogP contribution in [0.5, 0.6) is 0 Å². The lowest BCUT2D eigenvalue weighted by molar-refractivity contribution is -0.114. The summed E-state index contributed by atoms with van der Waals surface area (Å²) in [6.45, 7) is 2.99. The lowest BCUT2D eigenvalue weighted by atomic mass is 9.65. The Kier molecular flexibility index (Phi) is 3.09. The first-order valence-corrected chi connectivity index (χ1v) is 8.97. The SMILES string of the molecule is CC(=O)C1=C(C)NC2=C(C(=O)c3ccccc32)C12C(=O)c1ccccc1C2=O. The van der Waals surface area contributed by atoms with Crippen molar-refractivity contribution in [2.45, 2.75) is 13.8 Å². The van der Waals surface area contributed by atoms with Crippen molar-refractivity contribution in [2.24, 2.45) is 5.41 Å². The number of carbonyl (C=O) groups excluding carboxylic acids is 4. The Morgan fingerprint density at radius 2 is 1.32 bits per heavy atom. The van der Waals surface area contributed by atoms with Gasteiger partial charge >= 0.3 is 0 Å². The van der Waals surface area contributed by atoms with Gasteiger partial charge in [-0.3, -0.25) is 19.2 Å². The third kappa shape index (κ3) is 1.67. The van der Waals surface area contributed by atoms with Crippen LogP contribution in [0.3, 0.4) is 0 Å². The van der Waals surface area contributed by atoms with Crippen LogP contribution < -0.4 is 5.32 Å². The number of rotatable bonds is 1. The summed E-state index contributed by atoms with van der Waals surface area (Å²) in [5, 5.41) is 3.13. The third-order valence-electron chi connectivity index (χ3n) is 5.81. The molecule has 0 unspecified atom stereocenters. The minimum absolute atomic E-state index is 0.0543. The smallest absolute Gasteiger partial charge is 0.193 e. The van der Waals surface area contributed by atoms with E-state index < -0.39 is 22.8 Å². The zero-order valence-electron chi connectivity index (χ0n) is 15.3. The van der Waals surface area contributed by atoms with Crippen LogP contribution in [-0.2, 0) is 4.79 Å². The van der Waals surface area contributed by atoms with Gasteiger partial charge in [-0.2, -0.15) is 0 Å². The number of hydrogen-bond acceptors (Lipinski definition) is 5. The molecule has 2 aromatic carbocycles. The molecule has 5 heteroatoms. The third-order valence-corrected chi connectivity index (χ3v) is 5.81. The van der Waals surface area contributed by atoms with Gasteiger partial charge in [0.25, 0.3) is 0 Å². The molecule has 28 heavy (non-hydrogen) atoms. The van der Waals surface area contributed by atoms with Gasteiger partial charge in [-0.1, -0.05) is 48.5 Å². The number of benzene rings is 2. The van der Waals surface area contributed by atoms with Crippen molar-refractivity contribution in [1.29, 1.82) is 0 Å². The number of Topliss-reactive ketones (excluding diaryl/α,β-unsaturated/α-hetero) is 4. The zero-order valence-corrected chi connectivity index (χ0v) is 15.3. The van der Waals surface area contributed by atoms with E-state index in [2.05, 4.69) is 5.32 Å². The van der Waals surface area contributed by atoms with E-state index in [1.54, 1.807) is 55.5 Å². The maximum Gasteiger partial charge on any atom is 0.193 e. The normalized spacial score (nSPS) is 19.0. The fraction of sp³-hybridized carbons (Fsp3) is 0.130. The molecule has 1 heterocycles. The van der Waals surface area contributed by atoms with E-state index >= 15 is 0 Å². The van der Waals surface area contributed by atoms with Crippen LogP contribution in [0, 0.1) is 5.41 Å². The summed E-state index contributed by atoms with van der Waals surface area (Å²) < 4.78 is 0. The predicted molar refractivity (Wildman–Crippen MR) is 102 cm³/mol. The molecule has 0 radical (unpaired) electrons. The number of dihydropyridines is 1. The second-order valence-electron chi connectivity index (χ2n) is 7.26. The Balaban J connectivity index is 1.91. The monoisotopic (exact) mass is 369 g/mol. The Morgan fingerprint density at radius 3 is 1.86 bits per heavy atom.